The standard InChI is InChI=1S/C20H21Cl2N3OS/c1-14-11-17(22)8-9-18(14)26-10-4-7-19-23-24-20(25(19)2)27-13-15-5-3-6-16(21)12-15/h3,5-6,8-9,11-12H,4,7,10,13H2,1-2H3. The van der Waals surface area contributed by atoms with E-state index in [-0.39, 0.29) is 0 Å². The maximum atomic E-state index is 6.03. The average molecular weight is 422 g/mol. The Morgan fingerprint density at radius 1 is 1.07 bits per heavy atom. The molecule has 3 rings (SSSR count). The van der Waals surface area contributed by atoms with E-state index in [0.29, 0.717) is 6.61 Å². The summed E-state index contributed by atoms with van der Waals surface area (Å²) in [5.41, 5.74) is 2.21. The highest BCUT2D eigenvalue weighted by atomic mass is 35.5. The van der Waals surface area contributed by atoms with Crippen LogP contribution in [0.4, 0.5) is 0 Å². The number of hydrogen-bond donors (Lipinski definition) is 0. The summed E-state index contributed by atoms with van der Waals surface area (Å²) in [5, 5.41) is 11.0. The van der Waals surface area contributed by atoms with Gasteiger partial charge in [-0.3, -0.25) is 0 Å². The Labute approximate surface area is 173 Å². The molecular weight excluding hydrogens is 401 g/mol. The van der Waals surface area contributed by atoms with Crippen LogP contribution in [-0.4, -0.2) is 21.4 Å². The molecule has 0 unspecified atom stereocenters. The van der Waals surface area contributed by atoms with Crippen molar-refractivity contribution in [1.82, 2.24) is 14.8 Å². The Kier molecular flexibility index (Phi) is 7.05. The van der Waals surface area contributed by atoms with Gasteiger partial charge in [-0.15, -0.1) is 10.2 Å². The van der Waals surface area contributed by atoms with Gasteiger partial charge in [-0.05, 0) is 54.8 Å². The number of nitrogens with zero attached hydrogens (tertiary/aromatic N) is 3. The largest absolute Gasteiger partial charge is 0.493 e. The fourth-order valence-electron chi connectivity index (χ4n) is 2.65. The van der Waals surface area contributed by atoms with Crippen LogP contribution in [0.1, 0.15) is 23.4 Å². The van der Waals surface area contributed by atoms with Crippen molar-refractivity contribution in [2.75, 3.05) is 6.61 Å². The summed E-state index contributed by atoms with van der Waals surface area (Å²) >= 11 is 13.7. The van der Waals surface area contributed by atoms with E-state index in [0.717, 1.165) is 50.9 Å². The maximum absolute atomic E-state index is 6.03. The molecule has 0 aliphatic carbocycles. The lowest BCUT2D eigenvalue weighted by Gasteiger charge is -2.09. The molecule has 3 aromatic rings. The zero-order valence-corrected chi connectivity index (χ0v) is 17.6. The number of thioether (sulfide) groups is 1. The van der Waals surface area contributed by atoms with E-state index in [4.69, 9.17) is 27.9 Å². The summed E-state index contributed by atoms with van der Waals surface area (Å²) in [6.45, 7) is 2.62. The molecular formula is C20H21Cl2N3OS. The summed E-state index contributed by atoms with van der Waals surface area (Å²) in [5.74, 6) is 2.64. The molecule has 0 bridgehead atoms. The van der Waals surface area contributed by atoms with Gasteiger partial charge >= 0.3 is 0 Å². The van der Waals surface area contributed by atoms with Gasteiger partial charge in [-0.1, -0.05) is 47.1 Å². The van der Waals surface area contributed by atoms with Gasteiger partial charge in [-0.25, -0.2) is 0 Å². The van der Waals surface area contributed by atoms with Gasteiger partial charge in [-0.2, -0.15) is 0 Å². The monoisotopic (exact) mass is 421 g/mol. The highest BCUT2D eigenvalue weighted by Crippen LogP contribution is 2.24. The number of benzene rings is 2. The molecule has 0 saturated carbocycles. The first-order valence-corrected chi connectivity index (χ1v) is 10.4. The predicted octanol–water partition coefficient (Wildman–Crippen LogP) is 5.73. The first-order chi connectivity index (χ1) is 13.0. The molecule has 1 heterocycles. The normalized spacial score (nSPS) is 11.0. The third kappa shape index (κ3) is 5.64. The highest BCUT2D eigenvalue weighted by molar-refractivity contribution is 7.98. The lowest BCUT2D eigenvalue weighted by molar-refractivity contribution is 0.307. The lowest BCUT2D eigenvalue weighted by Crippen LogP contribution is -2.04. The lowest BCUT2D eigenvalue weighted by atomic mass is 10.2. The summed E-state index contributed by atoms with van der Waals surface area (Å²) in [7, 11) is 2.00. The third-order valence-corrected chi connectivity index (χ3v) is 5.68. The van der Waals surface area contributed by atoms with Crippen molar-refractivity contribution >= 4 is 35.0 Å². The van der Waals surface area contributed by atoms with Gasteiger partial charge in [0.05, 0.1) is 6.61 Å². The molecule has 142 valence electrons. The van der Waals surface area contributed by atoms with Crippen LogP contribution in [0.25, 0.3) is 0 Å². The van der Waals surface area contributed by atoms with Crippen molar-refractivity contribution in [3.63, 3.8) is 0 Å². The number of hydrogen-bond acceptors (Lipinski definition) is 4. The number of ether oxygens (including phenoxy) is 1. The van der Waals surface area contributed by atoms with Crippen molar-refractivity contribution in [3.05, 3.63) is 69.5 Å². The van der Waals surface area contributed by atoms with Crippen LogP contribution in [0.2, 0.25) is 10.0 Å². The maximum Gasteiger partial charge on any atom is 0.191 e. The molecule has 2 aromatic carbocycles. The molecule has 0 saturated heterocycles. The van der Waals surface area contributed by atoms with Crippen LogP contribution in [0.5, 0.6) is 5.75 Å². The first-order valence-electron chi connectivity index (χ1n) is 8.67. The molecule has 4 nitrogen and oxygen atoms in total. The van der Waals surface area contributed by atoms with Crippen LogP contribution in [0.15, 0.2) is 47.6 Å². The van der Waals surface area contributed by atoms with E-state index >= 15 is 0 Å². The van der Waals surface area contributed by atoms with E-state index in [9.17, 15) is 0 Å². The second-order valence-electron chi connectivity index (χ2n) is 6.24. The molecule has 7 heteroatoms. The number of rotatable bonds is 8. The molecule has 0 radical (unpaired) electrons. The van der Waals surface area contributed by atoms with E-state index in [1.54, 1.807) is 11.8 Å². The fourth-order valence-corrected chi connectivity index (χ4v) is 3.96. The minimum Gasteiger partial charge on any atom is -0.493 e. The molecule has 0 fully saturated rings. The Morgan fingerprint density at radius 3 is 2.67 bits per heavy atom. The van der Waals surface area contributed by atoms with Gasteiger partial charge < -0.3 is 9.30 Å². The van der Waals surface area contributed by atoms with Crippen molar-refractivity contribution in [2.24, 2.45) is 7.05 Å². The van der Waals surface area contributed by atoms with E-state index in [2.05, 4.69) is 16.3 Å². The number of aryl methyl sites for hydroxylation is 2. The molecule has 0 aliphatic rings. The van der Waals surface area contributed by atoms with E-state index in [1.165, 1.54) is 5.56 Å². The summed E-state index contributed by atoms with van der Waals surface area (Å²) in [6.07, 6.45) is 1.68. The van der Waals surface area contributed by atoms with Crippen molar-refractivity contribution in [3.8, 4) is 5.75 Å². The molecule has 0 N–H and O–H groups in total. The van der Waals surface area contributed by atoms with Crippen LogP contribution < -0.4 is 4.74 Å². The fraction of sp³-hybridized carbons (Fsp3) is 0.300. The quantitative estimate of drug-likeness (QED) is 0.343. The van der Waals surface area contributed by atoms with Gasteiger partial charge in [0.2, 0.25) is 0 Å². The van der Waals surface area contributed by atoms with Crippen LogP contribution in [-0.2, 0) is 19.2 Å². The van der Waals surface area contributed by atoms with Gasteiger partial charge in [0.25, 0.3) is 0 Å². The highest BCUT2D eigenvalue weighted by Gasteiger charge is 2.10. The average Bonchev–Trinajstić information content (AvgIpc) is 2.98. The van der Waals surface area contributed by atoms with Gasteiger partial charge in [0, 0.05) is 29.3 Å². The van der Waals surface area contributed by atoms with Crippen LogP contribution >= 0.6 is 35.0 Å². The van der Waals surface area contributed by atoms with Crippen molar-refractivity contribution in [2.45, 2.75) is 30.7 Å². The summed E-state index contributed by atoms with van der Waals surface area (Å²) in [4.78, 5) is 0. The van der Waals surface area contributed by atoms with Crippen molar-refractivity contribution < 1.29 is 4.74 Å². The van der Waals surface area contributed by atoms with Gasteiger partial charge in [0.15, 0.2) is 5.16 Å². The zero-order valence-electron chi connectivity index (χ0n) is 15.3. The van der Waals surface area contributed by atoms with E-state index in [1.807, 2.05) is 54.9 Å². The Balaban J connectivity index is 1.48. The zero-order chi connectivity index (χ0) is 19.2. The Morgan fingerprint density at radius 2 is 1.89 bits per heavy atom. The molecule has 1 aromatic heterocycles. The minimum atomic E-state index is 0.625. The molecule has 27 heavy (non-hydrogen) atoms. The topological polar surface area (TPSA) is 39.9 Å². The SMILES string of the molecule is Cc1cc(Cl)ccc1OCCCc1nnc(SCc2cccc(Cl)c2)n1C. The van der Waals surface area contributed by atoms with E-state index < -0.39 is 0 Å². The Bertz CT molecular complexity index is 914. The molecule has 0 atom stereocenters. The van der Waals surface area contributed by atoms with Crippen LogP contribution in [0, 0.1) is 6.92 Å². The third-order valence-electron chi connectivity index (χ3n) is 4.12. The van der Waals surface area contributed by atoms with Crippen LogP contribution in [0.3, 0.4) is 0 Å². The molecule has 0 spiro atoms. The predicted molar refractivity (Wildman–Crippen MR) is 112 cm³/mol. The van der Waals surface area contributed by atoms with Gasteiger partial charge in [0.1, 0.15) is 11.6 Å². The summed E-state index contributed by atoms with van der Waals surface area (Å²) < 4.78 is 7.89. The molecule has 0 aliphatic heterocycles. The minimum absolute atomic E-state index is 0.625. The second kappa shape index (κ2) is 9.49. The second-order valence-corrected chi connectivity index (χ2v) is 8.05. The first kappa shape index (κ1) is 20.1. The number of halogens is 2. The molecule has 0 amide bonds. The summed E-state index contributed by atoms with van der Waals surface area (Å²) in [6, 6.07) is 13.5. The Hall–Kier alpha value is -1.69. The number of aromatic nitrogens is 3. The smallest absolute Gasteiger partial charge is 0.191 e. The van der Waals surface area contributed by atoms with Crippen molar-refractivity contribution in [1.29, 1.82) is 0 Å².